The summed E-state index contributed by atoms with van der Waals surface area (Å²) in [6, 6.07) is 4.89. The maximum absolute atomic E-state index is 13.6. The van der Waals surface area contributed by atoms with Crippen molar-refractivity contribution >= 4 is 23.2 Å². The highest BCUT2D eigenvalue weighted by Crippen LogP contribution is 2.49. The normalized spacial score (nSPS) is 19.5. The number of carbonyl (C=O) groups is 1. The van der Waals surface area contributed by atoms with Gasteiger partial charge in [-0.05, 0) is 50.3 Å². The third-order valence-corrected chi connectivity index (χ3v) is 5.24. The standard InChI is InChI=1S/C19H22FNOS/c1-2-7-16(22)13-19-21(15-8-5-3-4-6-9-15)17-11-10-14(20)12-18(17)23-19/h8,10-13H,2-7,9H2,1H3/b19-13-. The first-order valence-corrected chi connectivity index (χ1v) is 9.22. The van der Waals surface area contributed by atoms with Crippen molar-refractivity contribution in [3.8, 4) is 0 Å². The van der Waals surface area contributed by atoms with Crippen molar-refractivity contribution in [2.24, 2.45) is 0 Å². The number of allylic oxidation sites excluding steroid dienone is 3. The number of anilines is 1. The van der Waals surface area contributed by atoms with Crippen LogP contribution in [0.15, 0.2) is 46.0 Å². The monoisotopic (exact) mass is 331 g/mol. The molecule has 0 saturated heterocycles. The highest BCUT2D eigenvalue weighted by molar-refractivity contribution is 8.03. The zero-order chi connectivity index (χ0) is 16.2. The molecule has 1 aromatic rings. The Morgan fingerprint density at radius 1 is 1.35 bits per heavy atom. The number of hydrogen-bond acceptors (Lipinski definition) is 3. The number of carbonyl (C=O) groups excluding carboxylic acids is 1. The predicted octanol–water partition coefficient (Wildman–Crippen LogP) is 5.80. The number of benzene rings is 1. The van der Waals surface area contributed by atoms with Crippen LogP contribution in [0.3, 0.4) is 0 Å². The Hall–Kier alpha value is -1.55. The number of thioether (sulfide) groups is 1. The quantitative estimate of drug-likeness (QED) is 0.651. The fourth-order valence-corrected chi connectivity index (χ4v) is 4.24. The third kappa shape index (κ3) is 3.69. The molecule has 122 valence electrons. The summed E-state index contributed by atoms with van der Waals surface area (Å²) in [5.74, 6) is -0.0883. The first-order chi connectivity index (χ1) is 11.2. The lowest BCUT2D eigenvalue weighted by Crippen LogP contribution is -2.17. The summed E-state index contributed by atoms with van der Waals surface area (Å²) in [6.07, 6.45) is 11.1. The second-order valence-electron chi connectivity index (χ2n) is 6.04. The number of rotatable bonds is 4. The lowest BCUT2D eigenvalue weighted by Gasteiger charge is -2.23. The Morgan fingerprint density at radius 3 is 3.04 bits per heavy atom. The fourth-order valence-electron chi connectivity index (χ4n) is 3.08. The first kappa shape index (κ1) is 16.3. The van der Waals surface area contributed by atoms with Gasteiger partial charge in [-0.15, -0.1) is 0 Å². The van der Waals surface area contributed by atoms with E-state index in [-0.39, 0.29) is 11.6 Å². The van der Waals surface area contributed by atoms with Crippen molar-refractivity contribution in [2.75, 3.05) is 4.90 Å². The second kappa shape index (κ2) is 7.35. The van der Waals surface area contributed by atoms with E-state index in [1.54, 1.807) is 12.1 Å². The molecule has 0 spiro atoms. The lowest BCUT2D eigenvalue weighted by atomic mass is 10.1. The molecule has 2 nitrogen and oxygen atoms in total. The van der Waals surface area contributed by atoms with Crippen LogP contribution in [-0.2, 0) is 4.79 Å². The molecule has 0 saturated carbocycles. The molecular weight excluding hydrogens is 309 g/mol. The molecule has 1 aliphatic carbocycles. The van der Waals surface area contributed by atoms with Crippen molar-refractivity contribution in [1.82, 2.24) is 0 Å². The molecule has 0 radical (unpaired) electrons. The van der Waals surface area contributed by atoms with E-state index >= 15 is 0 Å². The Kier molecular flexibility index (Phi) is 5.21. The predicted molar refractivity (Wildman–Crippen MR) is 93.9 cm³/mol. The van der Waals surface area contributed by atoms with Crippen LogP contribution in [0.4, 0.5) is 10.1 Å². The minimum absolute atomic E-state index is 0.141. The van der Waals surface area contributed by atoms with E-state index in [1.807, 2.05) is 13.0 Å². The van der Waals surface area contributed by atoms with Gasteiger partial charge in [-0.1, -0.05) is 31.2 Å². The van der Waals surface area contributed by atoms with Gasteiger partial charge in [-0.3, -0.25) is 4.79 Å². The molecule has 0 unspecified atom stereocenters. The number of fused-ring (bicyclic) bond motifs is 1. The van der Waals surface area contributed by atoms with E-state index in [0.717, 1.165) is 34.9 Å². The summed E-state index contributed by atoms with van der Waals surface area (Å²) >= 11 is 1.50. The van der Waals surface area contributed by atoms with E-state index in [1.165, 1.54) is 42.8 Å². The van der Waals surface area contributed by atoms with E-state index in [0.29, 0.717) is 6.42 Å². The third-order valence-electron chi connectivity index (χ3n) is 4.18. The smallest absolute Gasteiger partial charge is 0.158 e. The molecule has 0 aromatic heterocycles. The zero-order valence-corrected chi connectivity index (χ0v) is 14.3. The molecule has 3 rings (SSSR count). The average molecular weight is 331 g/mol. The molecule has 0 bridgehead atoms. The van der Waals surface area contributed by atoms with Gasteiger partial charge in [0.2, 0.25) is 0 Å². The van der Waals surface area contributed by atoms with Gasteiger partial charge in [-0.25, -0.2) is 4.39 Å². The number of ketones is 1. The largest absolute Gasteiger partial charge is 0.307 e. The number of halogens is 1. The van der Waals surface area contributed by atoms with Crippen LogP contribution in [-0.4, -0.2) is 5.78 Å². The Labute approximate surface area is 141 Å². The fraction of sp³-hybridized carbons (Fsp3) is 0.421. The Bertz CT molecular complexity index is 665. The highest BCUT2D eigenvalue weighted by atomic mass is 32.2. The van der Waals surface area contributed by atoms with Crippen molar-refractivity contribution in [3.05, 3.63) is 46.9 Å². The summed E-state index contributed by atoms with van der Waals surface area (Å²) in [7, 11) is 0. The van der Waals surface area contributed by atoms with Crippen LogP contribution in [0.1, 0.15) is 51.9 Å². The molecule has 0 fully saturated rings. The molecule has 1 heterocycles. The highest BCUT2D eigenvalue weighted by Gasteiger charge is 2.29. The minimum atomic E-state index is -0.229. The van der Waals surface area contributed by atoms with E-state index in [2.05, 4.69) is 11.0 Å². The summed E-state index contributed by atoms with van der Waals surface area (Å²) in [5.41, 5.74) is 2.25. The first-order valence-electron chi connectivity index (χ1n) is 8.40. The molecular formula is C19H22FNOS. The van der Waals surface area contributed by atoms with Gasteiger partial charge in [0.1, 0.15) is 5.82 Å². The van der Waals surface area contributed by atoms with Crippen LogP contribution in [0.25, 0.3) is 0 Å². The lowest BCUT2D eigenvalue weighted by molar-refractivity contribution is -0.114. The molecule has 1 aromatic carbocycles. The molecule has 0 amide bonds. The van der Waals surface area contributed by atoms with Crippen LogP contribution in [0.2, 0.25) is 0 Å². The summed E-state index contributed by atoms with van der Waals surface area (Å²) in [5, 5.41) is 0.914. The summed E-state index contributed by atoms with van der Waals surface area (Å²) in [6.45, 7) is 2.01. The Morgan fingerprint density at radius 2 is 2.22 bits per heavy atom. The average Bonchev–Trinajstić information content (AvgIpc) is 2.70. The summed E-state index contributed by atoms with van der Waals surface area (Å²) in [4.78, 5) is 15.2. The molecule has 23 heavy (non-hydrogen) atoms. The van der Waals surface area contributed by atoms with Crippen molar-refractivity contribution in [1.29, 1.82) is 0 Å². The van der Waals surface area contributed by atoms with E-state index in [4.69, 9.17) is 0 Å². The molecule has 0 N–H and O–H groups in total. The van der Waals surface area contributed by atoms with Crippen LogP contribution in [0, 0.1) is 5.82 Å². The molecule has 1 aliphatic heterocycles. The van der Waals surface area contributed by atoms with E-state index < -0.39 is 0 Å². The molecule has 0 atom stereocenters. The van der Waals surface area contributed by atoms with Gasteiger partial charge in [0.05, 0.1) is 10.7 Å². The zero-order valence-electron chi connectivity index (χ0n) is 13.5. The van der Waals surface area contributed by atoms with Gasteiger partial charge in [0, 0.05) is 23.1 Å². The maximum atomic E-state index is 13.6. The van der Waals surface area contributed by atoms with E-state index in [9.17, 15) is 9.18 Å². The maximum Gasteiger partial charge on any atom is 0.158 e. The van der Waals surface area contributed by atoms with Gasteiger partial charge in [0.25, 0.3) is 0 Å². The molecule has 2 aliphatic rings. The topological polar surface area (TPSA) is 20.3 Å². The second-order valence-corrected chi connectivity index (χ2v) is 7.11. The van der Waals surface area contributed by atoms with Crippen molar-refractivity contribution in [3.63, 3.8) is 0 Å². The SMILES string of the molecule is CCCC(=O)/C=C1\Sc2cc(F)ccc2N1C1=CCCCCC1. The minimum Gasteiger partial charge on any atom is -0.307 e. The number of nitrogens with zero attached hydrogens (tertiary/aromatic N) is 1. The van der Waals surface area contributed by atoms with Gasteiger partial charge < -0.3 is 4.90 Å². The van der Waals surface area contributed by atoms with Crippen LogP contribution < -0.4 is 4.90 Å². The van der Waals surface area contributed by atoms with Crippen molar-refractivity contribution < 1.29 is 9.18 Å². The van der Waals surface area contributed by atoms with Crippen LogP contribution >= 0.6 is 11.8 Å². The van der Waals surface area contributed by atoms with Gasteiger partial charge in [-0.2, -0.15) is 0 Å². The number of hydrogen-bond donors (Lipinski definition) is 0. The van der Waals surface area contributed by atoms with Gasteiger partial charge in [0.15, 0.2) is 5.78 Å². The summed E-state index contributed by atoms with van der Waals surface area (Å²) < 4.78 is 13.6. The van der Waals surface area contributed by atoms with Crippen LogP contribution in [0.5, 0.6) is 0 Å². The Balaban J connectivity index is 1.99. The molecule has 4 heteroatoms. The van der Waals surface area contributed by atoms with Gasteiger partial charge >= 0.3 is 0 Å². The van der Waals surface area contributed by atoms with Crippen molar-refractivity contribution in [2.45, 2.75) is 56.8 Å².